The summed E-state index contributed by atoms with van der Waals surface area (Å²) in [6, 6.07) is 7.38. The molecule has 0 amide bonds. The minimum absolute atomic E-state index is 0.228. The van der Waals surface area contributed by atoms with E-state index in [0.717, 1.165) is 30.8 Å². The summed E-state index contributed by atoms with van der Waals surface area (Å²) in [4.78, 5) is 4.24. The Kier molecular flexibility index (Phi) is 4.52. The fourth-order valence-corrected chi connectivity index (χ4v) is 1.57. The normalized spacial score (nSPS) is 12.4. The summed E-state index contributed by atoms with van der Waals surface area (Å²) in [6.07, 6.45) is 2.18. The minimum Gasteiger partial charge on any atom is -0.494 e. The molecule has 0 aliphatic carbocycles. The number of unbranched alkanes of at least 4 members (excludes halogenated alkanes) is 1. The van der Waals surface area contributed by atoms with Crippen LogP contribution in [0.5, 0.6) is 5.75 Å². The molecular weight excluding hydrogens is 242 g/mol. The van der Waals surface area contributed by atoms with Gasteiger partial charge in [0.25, 0.3) is 5.89 Å². The number of benzene rings is 1. The van der Waals surface area contributed by atoms with Crippen LogP contribution >= 0.6 is 0 Å². The average Bonchev–Trinajstić information content (AvgIpc) is 2.90. The Morgan fingerprint density at radius 3 is 2.63 bits per heavy atom. The first-order chi connectivity index (χ1) is 9.20. The maximum atomic E-state index is 5.69. The standard InChI is InChI=1S/C14H19N3O2/c1-3-4-9-18-12-7-5-11(6-8-12)14-16-13(10(2)15)17-19-14/h5-8,10H,3-4,9,15H2,1-2H3. The summed E-state index contributed by atoms with van der Waals surface area (Å²) in [5.41, 5.74) is 6.56. The zero-order chi connectivity index (χ0) is 13.7. The number of rotatable bonds is 6. The Balaban J connectivity index is 2.04. The third-order valence-corrected chi connectivity index (χ3v) is 2.72. The van der Waals surface area contributed by atoms with Gasteiger partial charge in [0, 0.05) is 5.56 Å². The summed E-state index contributed by atoms with van der Waals surface area (Å²) >= 11 is 0. The maximum Gasteiger partial charge on any atom is 0.257 e. The van der Waals surface area contributed by atoms with Crippen molar-refractivity contribution in [2.24, 2.45) is 5.73 Å². The fraction of sp³-hybridized carbons (Fsp3) is 0.429. The first kappa shape index (κ1) is 13.5. The highest BCUT2D eigenvalue weighted by molar-refractivity contribution is 5.54. The molecule has 1 aromatic heterocycles. The van der Waals surface area contributed by atoms with Gasteiger partial charge in [0.1, 0.15) is 5.75 Å². The highest BCUT2D eigenvalue weighted by Gasteiger charge is 2.11. The van der Waals surface area contributed by atoms with E-state index in [1.807, 2.05) is 31.2 Å². The van der Waals surface area contributed by atoms with Crippen LogP contribution in [0, 0.1) is 0 Å². The molecule has 2 rings (SSSR count). The predicted octanol–water partition coefficient (Wildman–Crippen LogP) is 2.94. The van der Waals surface area contributed by atoms with E-state index in [1.165, 1.54) is 0 Å². The second-order valence-corrected chi connectivity index (χ2v) is 4.47. The van der Waals surface area contributed by atoms with E-state index in [1.54, 1.807) is 0 Å². The van der Waals surface area contributed by atoms with Gasteiger partial charge in [-0.25, -0.2) is 0 Å². The smallest absolute Gasteiger partial charge is 0.257 e. The monoisotopic (exact) mass is 261 g/mol. The van der Waals surface area contributed by atoms with Gasteiger partial charge in [-0.15, -0.1) is 0 Å². The van der Waals surface area contributed by atoms with Gasteiger partial charge in [0.05, 0.1) is 12.6 Å². The van der Waals surface area contributed by atoms with E-state index in [4.69, 9.17) is 15.0 Å². The molecule has 0 fully saturated rings. The lowest BCUT2D eigenvalue weighted by Crippen LogP contribution is -2.06. The molecule has 5 nitrogen and oxygen atoms in total. The van der Waals surface area contributed by atoms with Crippen molar-refractivity contribution in [3.63, 3.8) is 0 Å². The lowest BCUT2D eigenvalue weighted by atomic mass is 10.2. The van der Waals surface area contributed by atoms with Crippen LogP contribution in [-0.4, -0.2) is 16.7 Å². The van der Waals surface area contributed by atoms with Gasteiger partial charge in [-0.05, 0) is 37.6 Å². The molecule has 0 aliphatic rings. The Morgan fingerprint density at radius 1 is 1.32 bits per heavy atom. The topological polar surface area (TPSA) is 74.2 Å². The van der Waals surface area contributed by atoms with Crippen LogP contribution in [0.2, 0.25) is 0 Å². The maximum absolute atomic E-state index is 5.69. The molecule has 5 heteroatoms. The quantitative estimate of drug-likeness (QED) is 0.809. The van der Waals surface area contributed by atoms with Crippen molar-refractivity contribution in [3.8, 4) is 17.2 Å². The van der Waals surface area contributed by atoms with Crippen molar-refractivity contribution in [1.29, 1.82) is 0 Å². The van der Waals surface area contributed by atoms with Crippen LogP contribution in [0.3, 0.4) is 0 Å². The second-order valence-electron chi connectivity index (χ2n) is 4.47. The van der Waals surface area contributed by atoms with Gasteiger partial charge in [-0.3, -0.25) is 0 Å². The van der Waals surface area contributed by atoms with Crippen molar-refractivity contribution < 1.29 is 9.26 Å². The molecule has 19 heavy (non-hydrogen) atoms. The SMILES string of the molecule is CCCCOc1ccc(-c2nc(C(C)N)no2)cc1. The number of ether oxygens (including phenoxy) is 1. The van der Waals surface area contributed by atoms with Crippen LogP contribution in [0.15, 0.2) is 28.8 Å². The van der Waals surface area contributed by atoms with E-state index in [-0.39, 0.29) is 6.04 Å². The van der Waals surface area contributed by atoms with E-state index >= 15 is 0 Å². The van der Waals surface area contributed by atoms with Crippen molar-refractivity contribution in [1.82, 2.24) is 10.1 Å². The van der Waals surface area contributed by atoms with Crippen LogP contribution in [0.4, 0.5) is 0 Å². The van der Waals surface area contributed by atoms with Gasteiger partial charge >= 0.3 is 0 Å². The predicted molar refractivity (Wildman–Crippen MR) is 72.7 cm³/mol. The summed E-state index contributed by atoms with van der Waals surface area (Å²) in [5.74, 6) is 1.84. The zero-order valence-corrected chi connectivity index (χ0v) is 11.3. The molecule has 0 saturated heterocycles. The summed E-state index contributed by atoms with van der Waals surface area (Å²) < 4.78 is 10.8. The molecule has 0 aliphatic heterocycles. The summed E-state index contributed by atoms with van der Waals surface area (Å²) in [7, 11) is 0. The van der Waals surface area contributed by atoms with Crippen LogP contribution in [0.25, 0.3) is 11.5 Å². The molecular formula is C14H19N3O2. The molecule has 2 N–H and O–H groups in total. The Bertz CT molecular complexity index is 506. The molecule has 102 valence electrons. The van der Waals surface area contributed by atoms with Gasteiger partial charge in [-0.2, -0.15) is 4.98 Å². The molecule has 1 atom stereocenters. The Labute approximate surface area is 112 Å². The van der Waals surface area contributed by atoms with Gasteiger partial charge in [-0.1, -0.05) is 18.5 Å². The number of nitrogens with two attached hydrogens (primary N) is 1. The van der Waals surface area contributed by atoms with E-state index in [2.05, 4.69) is 17.1 Å². The number of nitrogens with zero attached hydrogens (tertiary/aromatic N) is 2. The lowest BCUT2D eigenvalue weighted by molar-refractivity contribution is 0.309. The van der Waals surface area contributed by atoms with Gasteiger partial charge in [0.15, 0.2) is 5.82 Å². The third kappa shape index (κ3) is 3.54. The Morgan fingerprint density at radius 2 is 2.05 bits per heavy atom. The average molecular weight is 261 g/mol. The van der Waals surface area contributed by atoms with Crippen molar-refractivity contribution in [2.45, 2.75) is 32.7 Å². The third-order valence-electron chi connectivity index (χ3n) is 2.72. The molecule has 1 heterocycles. The number of hydrogen-bond acceptors (Lipinski definition) is 5. The molecule has 1 aromatic carbocycles. The van der Waals surface area contributed by atoms with Crippen molar-refractivity contribution in [3.05, 3.63) is 30.1 Å². The largest absolute Gasteiger partial charge is 0.494 e. The summed E-state index contributed by atoms with van der Waals surface area (Å²) in [5, 5.41) is 3.83. The second kappa shape index (κ2) is 6.33. The first-order valence-corrected chi connectivity index (χ1v) is 6.53. The van der Waals surface area contributed by atoms with Crippen LogP contribution < -0.4 is 10.5 Å². The minimum atomic E-state index is -0.228. The first-order valence-electron chi connectivity index (χ1n) is 6.53. The fourth-order valence-electron chi connectivity index (χ4n) is 1.57. The molecule has 0 bridgehead atoms. The highest BCUT2D eigenvalue weighted by atomic mass is 16.5. The lowest BCUT2D eigenvalue weighted by Gasteiger charge is -2.04. The zero-order valence-electron chi connectivity index (χ0n) is 11.3. The Hall–Kier alpha value is -1.88. The molecule has 0 saturated carbocycles. The number of hydrogen-bond donors (Lipinski definition) is 1. The summed E-state index contributed by atoms with van der Waals surface area (Å²) in [6.45, 7) is 4.70. The molecule has 0 radical (unpaired) electrons. The van der Waals surface area contributed by atoms with E-state index in [0.29, 0.717) is 11.7 Å². The van der Waals surface area contributed by atoms with E-state index < -0.39 is 0 Å². The van der Waals surface area contributed by atoms with Crippen LogP contribution in [0.1, 0.15) is 38.6 Å². The van der Waals surface area contributed by atoms with Crippen molar-refractivity contribution in [2.75, 3.05) is 6.61 Å². The van der Waals surface area contributed by atoms with Gasteiger partial charge < -0.3 is 15.0 Å². The molecule has 0 spiro atoms. The number of aromatic nitrogens is 2. The molecule has 1 unspecified atom stereocenters. The van der Waals surface area contributed by atoms with Gasteiger partial charge in [0.2, 0.25) is 0 Å². The highest BCUT2D eigenvalue weighted by Crippen LogP contribution is 2.21. The van der Waals surface area contributed by atoms with Crippen molar-refractivity contribution >= 4 is 0 Å². The van der Waals surface area contributed by atoms with Crippen LogP contribution in [-0.2, 0) is 0 Å². The van der Waals surface area contributed by atoms with E-state index in [9.17, 15) is 0 Å². The molecule has 2 aromatic rings.